The first-order valence-corrected chi connectivity index (χ1v) is 6.36. The Hall–Kier alpha value is -1.88. The lowest BCUT2D eigenvalue weighted by molar-refractivity contribution is -0.117. The van der Waals surface area contributed by atoms with Crippen molar-refractivity contribution >= 4 is 17.2 Å². The normalized spacial score (nSPS) is 10.3. The number of benzene rings is 1. The number of carbonyl (C=O) groups excluding carboxylic acids is 1. The average molecular weight is 262 g/mol. The van der Waals surface area contributed by atoms with Crippen molar-refractivity contribution in [3.05, 3.63) is 34.2 Å². The molecule has 5 heteroatoms. The van der Waals surface area contributed by atoms with Gasteiger partial charge < -0.3 is 10.5 Å². The summed E-state index contributed by atoms with van der Waals surface area (Å²) in [5.74, 6) is 0.494. The number of hydrogen-bond donors (Lipinski definition) is 1. The molecule has 1 aromatic heterocycles. The third kappa shape index (κ3) is 2.68. The number of primary amides is 1. The van der Waals surface area contributed by atoms with E-state index in [1.54, 1.807) is 7.11 Å². The van der Waals surface area contributed by atoms with Gasteiger partial charge in [-0.1, -0.05) is 0 Å². The van der Waals surface area contributed by atoms with Crippen molar-refractivity contribution in [3.8, 4) is 17.0 Å². The molecule has 94 valence electrons. The van der Waals surface area contributed by atoms with Gasteiger partial charge in [-0.3, -0.25) is 4.79 Å². The van der Waals surface area contributed by atoms with Crippen LogP contribution in [0.1, 0.15) is 10.6 Å². The second-order valence-electron chi connectivity index (χ2n) is 3.95. The molecule has 0 aliphatic rings. The second-order valence-corrected chi connectivity index (χ2v) is 4.90. The van der Waals surface area contributed by atoms with Crippen LogP contribution in [0, 0.1) is 6.92 Å². The summed E-state index contributed by atoms with van der Waals surface area (Å²) in [5.41, 5.74) is 8.08. The molecule has 0 saturated heterocycles. The summed E-state index contributed by atoms with van der Waals surface area (Å²) in [6.07, 6.45) is 0.194. The van der Waals surface area contributed by atoms with Crippen molar-refractivity contribution in [1.82, 2.24) is 4.98 Å². The number of rotatable bonds is 4. The molecule has 0 unspecified atom stereocenters. The van der Waals surface area contributed by atoms with Gasteiger partial charge in [-0.25, -0.2) is 4.98 Å². The fourth-order valence-corrected chi connectivity index (χ4v) is 2.52. The van der Waals surface area contributed by atoms with E-state index in [0.717, 1.165) is 27.6 Å². The van der Waals surface area contributed by atoms with Crippen molar-refractivity contribution in [2.24, 2.45) is 5.73 Å². The maximum absolute atomic E-state index is 10.8. The predicted molar refractivity (Wildman–Crippen MR) is 71.7 cm³/mol. The van der Waals surface area contributed by atoms with Crippen molar-refractivity contribution in [2.45, 2.75) is 13.3 Å². The van der Waals surface area contributed by atoms with Gasteiger partial charge in [-0.05, 0) is 30.7 Å². The quantitative estimate of drug-likeness (QED) is 0.918. The minimum absolute atomic E-state index is 0.194. The van der Waals surface area contributed by atoms with Crippen molar-refractivity contribution < 1.29 is 9.53 Å². The molecule has 0 aliphatic heterocycles. The van der Waals surface area contributed by atoms with Crippen LogP contribution in [0.3, 0.4) is 0 Å². The van der Waals surface area contributed by atoms with E-state index in [2.05, 4.69) is 4.98 Å². The molecular weight excluding hydrogens is 248 g/mol. The number of thiazole rings is 1. The van der Waals surface area contributed by atoms with E-state index in [0.29, 0.717) is 0 Å². The number of carbonyl (C=O) groups is 1. The molecule has 0 saturated carbocycles. The van der Waals surface area contributed by atoms with Crippen molar-refractivity contribution in [2.75, 3.05) is 7.11 Å². The van der Waals surface area contributed by atoms with E-state index in [1.165, 1.54) is 11.3 Å². The van der Waals surface area contributed by atoms with E-state index in [9.17, 15) is 4.79 Å². The monoisotopic (exact) mass is 262 g/mol. The Kier molecular flexibility index (Phi) is 3.62. The SMILES string of the molecule is COc1ccc(-c2csc(CC(N)=O)n2)cc1C. The molecule has 0 bridgehead atoms. The summed E-state index contributed by atoms with van der Waals surface area (Å²) < 4.78 is 5.21. The van der Waals surface area contributed by atoms with Crippen LogP contribution >= 0.6 is 11.3 Å². The van der Waals surface area contributed by atoms with E-state index >= 15 is 0 Å². The van der Waals surface area contributed by atoms with Crippen LogP contribution in [0.15, 0.2) is 23.6 Å². The van der Waals surface area contributed by atoms with Crippen LogP contribution in [0.4, 0.5) is 0 Å². The first-order chi connectivity index (χ1) is 8.60. The highest BCUT2D eigenvalue weighted by molar-refractivity contribution is 7.10. The summed E-state index contributed by atoms with van der Waals surface area (Å²) in [5, 5.41) is 2.67. The topological polar surface area (TPSA) is 65.2 Å². The molecule has 0 spiro atoms. The average Bonchev–Trinajstić information content (AvgIpc) is 2.76. The first-order valence-electron chi connectivity index (χ1n) is 5.48. The Morgan fingerprint density at radius 3 is 2.89 bits per heavy atom. The molecule has 1 amide bonds. The Balaban J connectivity index is 2.28. The Morgan fingerprint density at radius 2 is 2.28 bits per heavy atom. The molecule has 2 rings (SSSR count). The summed E-state index contributed by atoms with van der Waals surface area (Å²) >= 11 is 1.45. The van der Waals surface area contributed by atoms with Gasteiger partial charge in [-0.2, -0.15) is 0 Å². The van der Waals surface area contributed by atoms with Gasteiger partial charge in [0.05, 0.1) is 19.2 Å². The van der Waals surface area contributed by atoms with E-state index < -0.39 is 0 Å². The number of aromatic nitrogens is 1. The predicted octanol–water partition coefficient (Wildman–Crippen LogP) is 2.15. The maximum Gasteiger partial charge on any atom is 0.224 e. The van der Waals surface area contributed by atoms with E-state index in [1.807, 2.05) is 30.5 Å². The van der Waals surface area contributed by atoms with Gasteiger partial charge in [0.1, 0.15) is 10.8 Å². The Morgan fingerprint density at radius 1 is 1.50 bits per heavy atom. The zero-order valence-electron chi connectivity index (χ0n) is 10.3. The number of ether oxygens (including phenoxy) is 1. The van der Waals surface area contributed by atoms with Crippen LogP contribution in [-0.2, 0) is 11.2 Å². The highest BCUT2D eigenvalue weighted by Gasteiger charge is 2.08. The largest absolute Gasteiger partial charge is 0.496 e. The molecule has 0 atom stereocenters. The number of amides is 1. The number of methoxy groups -OCH3 is 1. The molecule has 4 nitrogen and oxygen atoms in total. The van der Waals surface area contributed by atoms with Gasteiger partial charge in [0.15, 0.2) is 0 Å². The summed E-state index contributed by atoms with van der Waals surface area (Å²) in [6, 6.07) is 5.88. The minimum atomic E-state index is -0.359. The lowest BCUT2D eigenvalue weighted by atomic mass is 10.1. The highest BCUT2D eigenvalue weighted by atomic mass is 32.1. The third-order valence-electron chi connectivity index (χ3n) is 2.57. The summed E-state index contributed by atoms with van der Waals surface area (Å²) in [7, 11) is 1.65. The standard InChI is InChI=1S/C13H14N2O2S/c1-8-5-9(3-4-11(8)17-2)10-7-18-13(15-10)6-12(14)16/h3-5,7H,6H2,1-2H3,(H2,14,16). The van der Waals surface area contributed by atoms with Gasteiger partial charge >= 0.3 is 0 Å². The van der Waals surface area contributed by atoms with Crippen LogP contribution < -0.4 is 10.5 Å². The van der Waals surface area contributed by atoms with E-state index in [4.69, 9.17) is 10.5 Å². The zero-order valence-corrected chi connectivity index (χ0v) is 11.1. The number of nitrogens with two attached hydrogens (primary N) is 1. The third-order valence-corrected chi connectivity index (χ3v) is 3.42. The number of hydrogen-bond acceptors (Lipinski definition) is 4. The smallest absolute Gasteiger partial charge is 0.224 e. The van der Waals surface area contributed by atoms with Crippen LogP contribution in [0.25, 0.3) is 11.3 Å². The molecule has 18 heavy (non-hydrogen) atoms. The summed E-state index contributed by atoms with van der Waals surface area (Å²) in [4.78, 5) is 15.2. The maximum atomic E-state index is 10.8. The number of aryl methyl sites for hydroxylation is 1. The number of nitrogens with zero attached hydrogens (tertiary/aromatic N) is 1. The van der Waals surface area contributed by atoms with Gasteiger partial charge in [-0.15, -0.1) is 11.3 Å². The van der Waals surface area contributed by atoms with Crippen LogP contribution in [0.2, 0.25) is 0 Å². The fourth-order valence-electron chi connectivity index (χ4n) is 1.71. The van der Waals surface area contributed by atoms with E-state index in [-0.39, 0.29) is 12.3 Å². The van der Waals surface area contributed by atoms with Gasteiger partial charge in [0.2, 0.25) is 5.91 Å². The molecule has 0 aliphatic carbocycles. The molecule has 1 heterocycles. The Bertz CT molecular complexity index is 578. The summed E-state index contributed by atoms with van der Waals surface area (Å²) in [6.45, 7) is 1.99. The second kappa shape index (κ2) is 5.18. The Labute approximate surface area is 109 Å². The van der Waals surface area contributed by atoms with Crippen molar-refractivity contribution in [1.29, 1.82) is 0 Å². The molecule has 0 fully saturated rings. The van der Waals surface area contributed by atoms with Crippen LogP contribution in [0.5, 0.6) is 5.75 Å². The van der Waals surface area contributed by atoms with Crippen molar-refractivity contribution in [3.63, 3.8) is 0 Å². The van der Waals surface area contributed by atoms with Crippen LogP contribution in [-0.4, -0.2) is 18.0 Å². The molecular formula is C13H14N2O2S. The molecule has 1 aromatic carbocycles. The molecule has 2 aromatic rings. The fraction of sp³-hybridized carbons (Fsp3) is 0.231. The molecule has 2 N–H and O–H groups in total. The minimum Gasteiger partial charge on any atom is -0.496 e. The van der Waals surface area contributed by atoms with Gasteiger partial charge in [0.25, 0.3) is 0 Å². The lowest BCUT2D eigenvalue weighted by Crippen LogP contribution is -2.13. The first kappa shape index (κ1) is 12.6. The molecule has 0 radical (unpaired) electrons. The highest BCUT2D eigenvalue weighted by Crippen LogP contribution is 2.27. The lowest BCUT2D eigenvalue weighted by Gasteiger charge is -2.05. The van der Waals surface area contributed by atoms with Gasteiger partial charge in [0, 0.05) is 10.9 Å². The zero-order chi connectivity index (χ0) is 13.1.